The molecule has 2 heterocycles. The van der Waals surface area contributed by atoms with Crippen LogP contribution in [0.1, 0.15) is 0 Å². The van der Waals surface area contributed by atoms with Crippen molar-refractivity contribution in [3.63, 3.8) is 0 Å². The van der Waals surface area contributed by atoms with Gasteiger partial charge in [-0.05, 0) is 28.1 Å². The van der Waals surface area contributed by atoms with Gasteiger partial charge in [0, 0.05) is 13.2 Å². The summed E-state index contributed by atoms with van der Waals surface area (Å²) in [6.07, 6.45) is 1.86. The number of pyridine rings is 1. The van der Waals surface area contributed by atoms with Gasteiger partial charge in [-0.25, -0.2) is 4.98 Å². The molecule has 0 aliphatic carbocycles. The Kier molecular flexibility index (Phi) is 3.16. The van der Waals surface area contributed by atoms with Gasteiger partial charge in [0.15, 0.2) is 0 Å². The molecule has 0 aliphatic heterocycles. The monoisotopic (exact) mass is 301 g/mol. The van der Waals surface area contributed by atoms with E-state index in [4.69, 9.17) is 16.3 Å². The average Bonchev–Trinajstić information content (AvgIpc) is 2.59. The molecule has 2 aromatic heterocycles. The second-order valence-electron chi connectivity index (χ2n) is 3.19. The van der Waals surface area contributed by atoms with Crippen LogP contribution in [0.2, 0.25) is 5.02 Å². The molecule has 0 saturated carbocycles. The zero-order valence-corrected chi connectivity index (χ0v) is 11.1. The smallest absolute Gasteiger partial charge is 0.232 e. The third-order valence-electron chi connectivity index (χ3n) is 2.03. The second kappa shape index (κ2) is 4.43. The van der Waals surface area contributed by atoms with Crippen LogP contribution < -0.4 is 4.74 Å². The highest BCUT2D eigenvalue weighted by Gasteiger charge is 2.11. The van der Waals surface area contributed by atoms with Gasteiger partial charge in [0.25, 0.3) is 0 Å². The van der Waals surface area contributed by atoms with Gasteiger partial charge in [-0.3, -0.25) is 4.68 Å². The summed E-state index contributed by atoms with van der Waals surface area (Å²) in [5, 5.41) is 4.78. The fourth-order valence-corrected chi connectivity index (χ4v) is 2.09. The molecule has 6 heteroatoms. The number of rotatable bonds is 2. The summed E-state index contributed by atoms with van der Waals surface area (Å²) >= 11 is 9.33. The van der Waals surface area contributed by atoms with Crippen LogP contribution in [0.25, 0.3) is 11.4 Å². The van der Waals surface area contributed by atoms with Crippen LogP contribution >= 0.6 is 27.5 Å². The molecule has 0 saturated heterocycles. The third kappa shape index (κ3) is 2.05. The molecule has 0 atom stereocenters. The molecule has 0 unspecified atom stereocenters. The van der Waals surface area contributed by atoms with Crippen molar-refractivity contribution < 1.29 is 4.74 Å². The van der Waals surface area contributed by atoms with E-state index in [1.54, 1.807) is 16.8 Å². The van der Waals surface area contributed by atoms with Gasteiger partial charge in [-0.2, -0.15) is 5.10 Å². The zero-order chi connectivity index (χ0) is 11.7. The first-order chi connectivity index (χ1) is 7.61. The van der Waals surface area contributed by atoms with Crippen LogP contribution in [0, 0.1) is 0 Å². The quantitative estimate of drug-likeness (QED) is 0.856. The van der Waals surface area contributed by atoms with Gasteiger partial charge in [0.2, 0.25) is 5.88 Å². The van der Waals surface area contributed by atoms with E-state index in [2.05, 4.69) is 26.0 Å². The van der Waals surface area contributed by atoms with Crippen molar-refractivity contribution in [1.29, 1.82) is 0 Å². The Morgan fingerprint density at radius 2 is 2.19 bits per heavy atom. The first kappa shape index (κ1) is 11.4. The summed E-state index contributed by atoms with van der Waals surface area (Å²) in [5.41, 5.74) is 1.48. The van der Waals surface area contributed by atoms with Crippen molar-refractivity contribution in [2.45, 2.75) is 0 Å². The molecule has 16 heavy (non-hydrogen) atoms. The average molecular weight is 303 g/mol. The van der Waals surface area contributed by atoms with E-state index >= 15 is 0 Å². The summed E-state index contributed by atoms with van der Waals surface area (Å²) in [6, 6.07) is 3.54. The Balaban J connectivity index is 2.52. The Labute approximate surface area is 106 Å². The Morgan fingerprint density at radius 1 is 1.44 bits per heavy atom. The molecular formula is C10H9BrClN3O. The summed E-state index contributed by atoms with van der Waals surface area (Å²) < 4.78 is 7.65. The number of aryl methyl sites for hydroxylation is 1. The van der Waals surface area contributed by atoms with Crippen LogP contribution in [0.4, 0.5) is 0 Å². The molecule has 0 fully saturated rings. The Bertz CT molecular complexity index is 527. The highest BCUT2D eigenvalue weighted by Crippen LogP contribution is 2.29. The topological polar surface area (TPSA) is 39.9 Å². The predicted octanol–water partition coefficient (Wildman–Crippen LogP) is 2.91. The fraction of sp³-hybridized carbons (Fsp3) is 0.200. The Morgan fingerprint density at radius 3 is 2.75 bits per heavy atom. The maximum absolute atomic E-state index is 5.90. The first-order valence-electron chi connectivity index (χ1n) is 4.52. The lowest BCUT2D eigenvalue weighted by atomic mass is 10.3. The van der Waals surface area contributed by atoms with Crippen molar-refractivity contribution in [2.24, 2.45) is 7.05 Å². The molecule has 2 aromatic rings. The second-order valence-corrected chi connectivity index (χ2v) is 4.45. The van der Waals surface area contributed by atoms with E-state index in [9.17, 15) is 0 Å². The summed E-state index contributed by atoms with van der Waals surface area (Å²) in [7, 11) is 3.38. The number of hydrogen-bond donors (Lipinski definition) is 0. The van der Waals surface area contributed by atoms with Gasteiger partial charge in [-0.15, -0.1) is 0 Å². The molecule has 0 radical (unpaired) electrons. The molecule has 0 aromatic carbocycles. The summed E-state index contributed by atoms with van der Waals surface area (Å²) in [4.78, 5) is 4.28. The molecule has 0 spiro atoms. The van der Waals surface area contributed by atoms with Crippen molar-refractivity contribution in [3.05, 3.63) is 27.8 Å². The lowest BCUT2D eigenvalue weighted by Gasteiger charge is -2.03. The molecule has 0 N–H and O–H groups in total. The van der Waals surface area contributed by atoms with Gasteiger partial charge in [-0.1, -0.05) is 11.6 Å². The van der Waals surface area contributed by atoms with E-state index < -0.39 is 0 Å². The van der Waals surface area contributed by atoms with Crippen LogP contribution in [0.15, 0.2) is 22.8 Å². The molecule has 4 nitrogen and oxygen atoms in total. The lowest BCUT2D eigenvalue weighted by Crippen LogP contribution is -1.93. The van der Waals surface area contributed by atoms with E-state index in [-0.39, 0.29) is 0 Å². The summed E-state index contributed by atoms with van der Waals surface area (Å²) in [6.45, 7) is 0. The molecule has 0 amide bonds. The molecule has 2 rings (SSSR count). The maximum Gasteiger partial charge on any atom is 0.232 e. The van der Waals surface area contributed by atoms with Gasteiger partial charge < -0.3 is 4.74 Å². The number of aromatic nitrogens is 3. The van der Waals surface area contributed by atoms with E-state index in [1.807, 2.05) is 13.2 Å². The van der Waals surface area contributed by atoms with Crippen molar-refractivity contribution in [1.82, 2.24) is 14.8 Å². The first-order valence-corrected chi connectivity index (χ1v) is 5.69. The molecule has 0 aliphatic rings. The highest BCUT2D eigenvalue weighted by molar-refractivity contribution is 9.10. The minimum atomic E-state index is 0.400. The largest absolute Gasteiger partial charge is 0.480 e. The minimum absolute atomic E-state index is 0.400. The Hall–Kier alpha value is -1.07. The molecule has 84 valence electrons. The van der Waals surface area contributed by atoms with Crippen molar-refractivity contribution in [2.75, 3.05) is 7.11 Å². The maximum atomic E-state index is 5.90. The number of halogens is 2. The normalized spacial score (nSPS) is 10.5. The molecule has 0 bridgehead atoms. The van der Waals surface area contributed by atoms with Crippen molar-refractivity contribution in [3.8, 4) is 17.3 Å². The van der Waals surface area contributed by atoms with Gasteiger partial charge in [0.05, 0.1) is 17.3 Å². The van der Waals surface area contributed by atoms with Crippen LogP contribution in [0.5, 0.6) is 5.88 Å². The standard InChI is InChI=1S/C10H9BrClN3O/c1-15-5-6(11)9(14-15)8-4-3-7(12)10(13-8)16-2/h3-5H,1-2H3. The van der Waals surface area contributed by atoms with Crippen LogP contribution in [-0.4, -0.2) is 21.9 Å². The van der Waals surface area contributed by atoms with E-state index in [0.717, 1.165) is 10.2 Å². The number of nitrogens with zero attached hydrogens (tertiary/aromatic N) is 3. The number of ether oxygens (including phenoxy) is 1. The summed E-state index contributed by atoms with van der Waals surface area (Å²) in [5.74, 6) is 0.400. The van der Waals surface area contributed by atoms with Crippen molar-refractivity contribution >= 4 is 27.5 Å². The zero-order valence-electron chi connectivity index (χ0n) is 8.74. The number of hydrogen-bond acceptors (Lipinski definition) is 3. The third-order valence-corrected chi connectivity index (χ3v) is 2.90. The fourth-order valence-electron chi connectivity index (χ4n) is 1.33. The minimum Gasteiger partial charge on any atom is -0.480 e. The lowest BCUT2D eigenvalue weighted by molar-refractivity contribution is 0.398. The molecular weight excluding hydrogens is 293 g/mol. The number of methoxy groups -OCH3 is 1. The van der Waals surface area contributed by atoms with E-state index in [0.29, 0.717) is 16.6 Å². The SMILES string of the molecule is COc1nc(-c2nn(C)cc2Br)ccc1Cl. The van der Waals surface area contributed by atoms with E-state index in [1.165, 1.54) is 7.11 Å². The van der Waals surface area contributed by atoms with Crippen LogP contribution in [-0.2, 0) is 7.05 Å². The van der Waals surface area contributed by atoms with Crippen LogP contribution in [0.3, 0.4) is 0 Å². The predicted molar refractivity (Wildman–Crippen MR) is 65.7 cm³/mol. The highest BCUT2D eigenvalue weighted by atomic mass is 79.9. The van der Waals surface area contributed by atoms with Gasteiger partial charge >= 0.3 is 0 Å². The van der Waals surface area contributed by atoms with Gasteiger partial charge in [0.1, 0.15) is 10.7 Å².